The van der Waals surface area contributed by atoms with Gasteiger partial charge in [0.15, 0.2) is 0 Å². The number of rotatable bonds is 6. The first-order valence-corrected chi connectivity index (χ1v) is 7.65. The van der Waals surface area contributed by atoms with E-state index < -0.39 is 0 Å². The van der Waals surface area contributed by atoms with Gasteiger partial charge in [0.2, 0.25) is 0 Å². The van der Waals surface area contributed by atoms with Gasteiger partial charge < -0.3 is 10.1 Å². The molecule has 1 aromatic rings. The molecule has 20 heavy (non-hydrogen) atoms. The monoisotopic (exact) mass is 279 g/mol. The molecular weight excluding hydrogens is 253 g/mol. The van der Waals surface area contributed by atoms with Crippen LogP contribution in [0.3, 0.4) is 0 Å². The molecule has 1 atom stereocenters. The highest BCUT2D eigenvalue weighted by Gasteiger charge is 2.41. The molecule has 1 fully saturated rings. The van der Waals surface area contributed by atoms with E-state index in [1.54, 1.807) is 12.1 Å². The van der Waals surface area contributed by atoms with Crippen LogP contribution in [0, 0.1) is 12.7 Å². The Hall–Kier alpha value is -0.930. The molecule has 1 unspecified atom stereocenters. The molecule has 0 saturated heterocycles. The van der Waals surface area contributed by atoms with E-state index in [9.17, 15) is 4.39 Å². The van der Waals surface area contributed by atoms with Gasteiger partial charge in [-0.15, -0.1) is 0 Å². The van der Waals surface area contributed by atoms with Crippen LogP contribution < -0.4 is 5.32 Å². The highest BCUT2D eigenvalue weighted by Crippen LogP contribution is 2.37. The lowest BCUT2D eigenvalue weighted by molar-refractivity contribution is -0.0351. The number of nitrogens with one attached hydrogen (secondary N) is 1. The van der Waals surface area contributed by atoms with Crippen molar-refractivity contribution in [2.75, 3.05) is 13.7 Å². The summed E-state index contributed by atoms with van der Waals surface area (Å²) in [5.74, 6) is -0.159. The van der Waals surface area contributed by atoms with Crippen LogP contribution in [0.15, 0.2) is 18.2 Å². The molecule has 0 heterocycles. The SMILES string of the molecule is CCNC(Cc1ccc(F)cc1C)C1(OC)CCCC1. The Morgan fingerprint density at radius 1 is 1.35 bits per heavy atom. The number of aryl methyl sites for hydroxylation is 1. The number of likely N-dealkylation sites (N-methyl/N-ethyl adjacent to an activating group) is 1. The Morgan fingerprint density at radius 2 is 2.05 bits per heavy atom. The molecule has 0 aliphatic heterocycles. The van der Waals surface area contributed by atoms with Gasteiger partial charge in [-0.3, -0.25) is 0 Å². The van der Waals surface area contributed by atoms with Crippen LogP contribution in [-0.4, -0.2) is 25.3 Å². The van der Waals surface area contributed by atoms with Gasteiger partial charge in [0, 0.05) is 13.2 Å². The van der Waals surface area contributed by atoms with Gasteiger partial charge in [-0.1, -0.05) is 25.8 Å². The minimum atomic E-state index is -0.159. The fourth-order valence-electron chi connectivity index (χ4n) is 3.47. The third-order valence-corrected chi connectivity index (χ3v) is 4.67. The van der Waals surface area contributed by atoms with E-state index in [1.165, 1.54) is 18.4 Å². The van der Waals surface area contributed by atoms with E-state index in [-0.39, 0.29) is 11.4 Å². The highest BCUT2D eigenvalue weighted by molar-refractivity contribution is 5.28. The zero-order chi connectivity index (χ0) is 14.6. The molecule has 3 heteroatoms. The van der Waals surface area contributed by atoms with Crippen molar-refractivity contribution in [1.29, 1.82) is 0 Å². The van der Waals surface area contributed by atoms with Crippen LogP contribution >= 0.6 is 0 Å². The molecule has 1 aliphatic carbocycles. The third-order valence-electron chi connectivity index (χ3n) is 4.67. The minimum Gasteiger partial charge on any atom is -0.377 e. The van der Waals surface area contributed by atoms with Crippen molar-refractivity contribution in [2.45, 2.75) is 57.6 Å². The first kappa shape index (κ1) is 15.5. The fourth-order valence-corrected chi connectivity index (χ4v) is 3.47. The molecule has 0 amide bonds. The molecule has 1 saturated carbocycles. The van der Waals surface area contributed by atoms with Crippen LogP contribution in [0.5, 0.6) is 0 Å². The third kappa shape index (κ3) is 3.21. The number of hydrogen-bond donors (Lipinski definition) is 1. The lowest BCUT2D eigenvalue weighted by atomic mass is 9.86. The van der Waals surface area contributed by atoms with E-state index in [1.807, 2.05) is 20.1 Å². The molecule has 0 radical (unpaired) electrons. The predicted octanol–water partition coefficient (Wildman–Crippen LogP) is 3.61. The van der Waals surface area contributed by atoms with Crippen LogP contribution in [0.4, 0.5) is 4.39 Å². The lowest BCUT2D eigenvalue weighted by Crippen LogP contribution is -2.51. The number of benzene rings is 1. The van der Waals surface area contributed by atoms with Crippen LogP contribution in [-0.2, 0) is 11.2 Å². The quantitative estimate of drug-likeness (QED) is 0.859. The van der Waals surface area contributed by atoms with Crippen molar-refractivity contribution < 1.29 is 9.13 Å². The molecule has 0 bridgehead atoms. The topological polar surface area (TPSA) is 21.3 Å². The molecule has 2 rings (SSSR count). The Kier molecular flexibility index (Phi) is 5.17. The van der Waals surface area contributed by atoms with Crippen LogP contribution in [0.1, 0.15) is 43.7 Å². The molecular formula is C17H26FNO. The van der Waals surface area contributed by atoms with Gasteiger partial charge >= 0.3 is 0 Å². The Labute approximate surface area is 121 Å². The van der Waals surface area contributed by atoms with E-state index in [2.05, 4.69) is 12.2 Å². The minimum absolute atomic E-state index is 0.0587. The molecule has 0 aromatic heterocycles. The molecule has 1 N–H and O–H groups in total. The summed E-state index contributed by atoms with van der Waals surface area (Å²) < 4.78 is 19.1. The van der Waals surface area contributed by atoms with Crippen molar-refractivity contribution in [1.82, 2.24) is 5.32 Å². The maximum atomic E-state index is 13.2. The molecule has 112 valence electrons. The molecule has 0 spiro atoms. The number of halogens is 1. The second-order valence-corrected chi connectivity index (χ2v) is 5.86. The smallest absolute Gasteiger partial charge is 0.123 e. The molecule has 1 aromatic carbocycles. The largest absolute Gasteiger partial charge is 0.377 e. The standard InChI is InChI=1S/C17H26FNO/c1-4-19-16(17(20-3)9-5-6-10-17)12-14-7-8-15(18)11-13(14)2/h7-8,11,16,19H,4-6,9-10,12H2,1-3H3. The number of ether oxygens (including phenoxy) is 1. The van der Waals surface area contributed by atoms with Crippen molar-refractivity contribution >= 4 is 0 Å². The summed E-state index contributed by atoms with van der Waals surface area (Å²) in [6.07, 6.45) is 5.59. The zero-order valence-corrected chi connectivity index (χ0v) is 12.8. The van der Waals surface area contributed by atoms with Crippen molar-refractivity contribution in [3.05, 3.63) is 35.1 Å². The van der Waals surface area contributed by atoms with E-state index >= 15 is 0 Å². The first-order valence-electron chi connectivity index (χ1n) is 7.65. The summed E-state index contributed by atoms with van der Waals surface area (Å²) in [5, 5.41) is 3.59. The number of hydrogen-bond acceptors (Lipinski definition) is 2. The van der Waals surface area contributed by atoms with E-state index in [4.69, 9.17) is 4.74 Å². The zero-order valence-electron chi connectivity index (χ0n) is 12.8. The van der Waals surface area contributed by atoms with Crippen molar-refractivity contribution in [3.63, 3.8) is 0 Å². The van der Waals surface area contributed by atoms with Gasteiger partial charge in [0.1, 0.15) is 5.82 Å². The maximum Gasteiger partial charge on any atom is 0.123 e. The van der Waals surface area contributed by atoms with Crippen molar-refractivity contribution in [2.24, 2.45) is 0 Å². The van der Waals surface area contributed by atoms with Gasteiger partial charge in [0.05, 0.1) is 5.60 Å². The summed E-state index contributed by atoms with van der Waals surface area (Å²) in [6.45, 7) is 5.04. The van der Waals surface area contributed by atoms with Gasteiger partial charge in [0.25, 0.3) is 0 Å². The van der Waals surface area contributed by atoms with Crippen LogP contribution in [0.25, 0.3) is 0 Å². The average molecular weight is 279 g/mol. The maximum absolute atomic E-state index is 13.2. The Bertz CT molecular complexity index is 441. The normalized spacial score (nSPS) is 19.2. The molecule has 2 nitrogen and oxygen atoms in total. The molecule has 1 aliphatic rings. The van der Waals surface area contributed by atoms with Crippen molar-refractivity contribution in [3.8, 4) is 0 Å². The lowest BCUT2D eigenvalue weighted by Gasteiger charge is -2.37. The fraction of sp³-hybridized carbons (Fsp3) is 0.647. The van der Waals surface area contributed by atoms with Gasteiger partial charge in [-0.05, 0) is 56.0 Å². The Morgan fingerprint density at radius 3 is 2.60 bits per heavy atom. The highest BCUT2D eigenvalue weighted by atomic mass is 19.1. The average Bonchev–Trinajstić information content (AvgIpc) is 2.91. The summed E-state index contributed by atoms with van der Waals surface area (Å²) >= 11 is 0. The first-order chi connectivity index (χ1) is 9.61. The van der Waals surface area contributed by atoms with Gasteiger partial charge in [-0.2, -0.15) is 0 Å². The second-order valence-electron chi connectivity index (χ2n) is 5.86. The second kappa shape index (κ2) is 6.68. The number of methoxy groups -OCH3 is 1. The Balaban J connectivity index is 2.20. The van der Waals surface area contributed by atoms with Gasteiger partial charge in [-0.25, -0.2) is 4.39 Å². The van der Waals surface area contributed by atoms with E-state index in [0.717, 1.165) is 31.4 Å². The summed E-state index contributed by atoms with van der Waals surface area (Å²) in [4.78, 5) is 0. The van der Waals surface area contributed by atoms with E-state index in [0.29, 0.717) is 6.04 Å². The predicted molar refractivity (Wildman–Crippen MR) is 80.5 cm³/mol. The summed E-state index contributed by atoms with van der Waals surface area (Å²) in [5.41, 5.74) is 2.18. The van der Waals surface area contributed by atoms with Crippen LogP contribution in [0.2, 0.25) is 0 Å². The summed E-state index contributed by atoms with van der Waals surface area (Å²) in [6, 6.07) is 5.38. The summed E-state index contributed by atoms with van der Waals surface area (Å²) in [7, 11) is 1.83.